The maximum atomic E-state index is 14.9. The molecule has 5 aliphatic rings. The number of nitriles is 1. The molecular weight excluding hydrogens is 780 g/mol. The fourth-order valence-electron chi connectivity index (χ4n) is 11.0. The molecule has 2 aromatic heterocycles. The average molecular weight is 835 g/mol. The molecule has 0 saturated carbocycles. The summed E-state index contributed by atoms with van der Waals surface area (Å²) in [5, 5.41) is 15.9. The number of fused-ring (bicyclic) bond motifs is 5. The van der Waals surface area contributed by atoms with Gasteiger partial charge in [0, 0.05) is 82.5 Å². The van der Waals surface area contributed by atoms with Crippen molar-refractivity contribution in [2.24, 2.45) is 0 Å². The summed E-state index contributed by atoms with van der Waals surface area (Å²) in [6.07, 6.45) is 5.47. The summed E-state index contributed by atoms with van der Waals surface area (Å²) in [6.45, 7) is 5.38. The van der Waals surface area contributed by atoms with Gasteiger partial charge in [0.05, 0.1) is 41.3 Å². The first kappa shape index (κ1) is 40.3. The third-order valence-electron chi connectivity index (χ3n) is 14.0. The van der Waals surface area contributed by atoms with Crippen LogP contribution in [0, 0.1) is 11.3 Å². The van der Waals surface area contributed by atoms with Crippen LogP contribution in [0.5, 0.6) is 5.88 Å². The molecule has 5 aromatic rings. The number of nitrogens with zero attached hydrogens (tertiary/aromatic N) is 8. The summed E-state index contributed by atoms with van der Waals surface area (Å²) in [4.78, 5) is 26.8. The molecule has 12 heteroatoms. The van der Waals surface area contributed by atoms with Gasteiger partial charge in [0.15, 0.2) is 5.69 Å². The van der Waals surface area contributed by atoms with Crippen molar-refractivity contribution < 1.29 is 18.7 Å². The Morgan fingerprint density at radius 3 is 2.48 bits per heavy atom. The van der Waals surface area contributed by atoms with E-state index in [1.807, 2.05) is 22.9 Å². The second-order valence-electron chi connectivity index (χ2n) is 18.2. The van der Waals surface area contributed by atoms with E-state index in [1.165, 1.54) is 11.1 Å². The van der Waals surface area contributed by atoms with Crippen molar-refractivity contribution in [1.29, 1.82) is 5.26 Å². The highest BCUT2D eigenvalue weighted by atomic mass is 19.1. The normalized spacial score (nSPS) is 22.9. The van der Waals surface area contributed by atoms with Crippen LogP contribution in [0.4, 0.5) is 15.8 Å². The molecule has 6 heterocycles. The Bertz CT molecular complexity index is 2460. The van der Waals surface area contributed by atoms with Crippen LogP contribution in [0.3, 0.4) is 0 Å². The number of hydrogen-bond donors (Lipinski definition) is 0. The summed E-state index contributed by atoms with van der Waals surface area (Å²) >= 11 is 0. The highest BCUT2D eigenvalue weighted by Crippen LogP contribution is 2.50. The Hall–Kier alpha value is -5.77. The third-order valence-corrected chi connectivity index (χ3v) is 14.0. The molecule has 4 aliphatic heterocycles. The second-order valence-corrected chi connectivity index (χ2v) is 18.2. The fourth-order valence-corrected chi connectivity index (χ4v) is 11.0. The number of alkyl halides is 1. The Morgan fingerprint density at radius 1 is 0.968 bits per heavy atom. The first-order valence-electron chi connectivity index (χ1n) is 22.3. The number of rotatable bonds is 10. The van der Waals surface area contributed by atoms with Crippen molar-refractivity contribution >= 4 is 17.3 Å². The minimum Gasteiger partial charge on any atom is -0.476 e. The quantitative estimate of drug-likeness (QED) is 0.140. The van der Waals surface area contributed by atoms with Crippen molar-refractivity contribution in [3.8, 4) is 11.9 Å². The number of halogens is 1. The minimum absolute atomic E-state index is 0.119. The van der Waals surface area contributed by atoms with Crippen molar-refractivity contribution in [2.75, 3.05) is 50.1 Å². The molecule has 1 amide bonds. The summed E-state index contributed by atoms with van der Waals surface area (Å²) in [5.41, 5.74) is 9.28. The van der Waals surface area contributed by atoms with Gasteiger partial charge in [0.2, 0.25) is 5.88 Å². The zero-order valence-electron chi connectivity index (χ0n) is 35.9. The van der Waals surface area contributed by atoms with E-state index in [2.05, 4.69) is 87.5 Å². The Labute approximate surface area is 363 Å². The van der Waals surface area contributed by atoms with Crippen molar-refractivity contribution in [3.05, 3.63) is 135 Å². The fraction of sp³-hybridized carbons (Fsp3) is 0.440. The summed E-state index contributed by atoms with van der Waals surface area (Å²) in [6, 6.07) is 31.9. The molecule has 1 aliphatic carbocycles. The lowest BCUT2D eigenvalue weighted by Gasteiger charge is -2.44. The van der Waals surface area contributed by atoms with E-state index in [0.717, 1.165) is 91.1 Å². The summed E-state index contributed by atoms with van der Waals surface area (Å²) < 4.78 is 30.8. The van der Waals surface area contributed by atoms with Gasteiger partial charge >= 0.3 is 0 Å². The predicted molar refractivity (Wildman–Crippen MR) is 236 cm³/mol. The number of aromatic nitrogens is 3. The maximum Gasteiger partial charge on any atom is 0.273 e. The molecule has 0 radical (unpaired) electrons. The number of hydrogen-bond acceptors (Lipinski definition) is 9. The second kappa shape index (κ2) is 16.5. The summed E-state index contributed by atoms with van der Waals surface area (Å²) in [7, 11) is 3.49. The number of carbonyl (C=O) groups excluding carboxylic acids is 1. The van der Waals surface area contributed by atoms with Gasteiger partial charge in [-0.25, -0.2) is 9.37 Å². The van der Waals surface area contributed by atoms with Crippen molar-refractivity contribution in [2.45, 2.75) is 101 Å². The third kappa shape index (κ3) is 7.49. The molecule has 0 N–H and O–H groups in total. The molecule has 0 bridgehead atoms. The molecule has 0 unspecified atom stereocenters. The first-order chi connectivity index (χ1) is 30.2. The van der Waals surface area contributed by atoms with Gasteiger partial charge in [0.25, 0.3) is 5.91 Å². The van der Waals surface area contributed by atoms with Crippen LogP contribution in [0.25, 0.3) is 0 Å². The maximum absolute atomic E-state index is 14.9. The van der Waals surface area contributed by atoms with Gasteiger partial charge in [0.1, 0.15) is 24.4 Å². The van der Waals surface area contributed by atoms with Gasteiger partial charge in [-0.1, -0.05) is 66.7 Å². The highest BCUT2D eigenvalue weighted by Gasteiger charge is 2.50. The van der Waals surface area contributed by atoms with E-state index >= 15 is 0 Å². The minimum atomic E-state index is -0.851. The van der Waals surface area contributed by atoms with Gasteiger partial charge < -0.3 is 24.2 Å². The first-order valence-corrected chi connectivity index (χ1v) is 22.3. The van der Waals surface area contributed by atoms with Crippen LogP contribution in [0.1, 0.15) is 93.8 Å². The number of aryl methyl sites for hydroxylation is 2. The Balaban J connectivity index is 1.04. The van der Waals surface area contributed by atoms with Crippen LogP contribution < -0.4 is 14.5 Å². The average Bonchev–Trinajstić information content (AvgIpc) is 3.92. The van der Waals surface area contributed by atoms with Crippen LogP contribution in [0.15, 0.2) is 84.9 Å². The van der Waals surface area contributed by atoms with E-state index in [9.17, 15) is 14.4 Å². The number of amides is 1. The van der Waals surface area contributed by atoms with Crippen LogP contribution in [-0.2, 0) is 56.0 Å². The van der Waals surface area contributed by atoms with Crippen LogP contribution in [0.2, 0.25) is 0 Å². The number of benzene rings is 3. The number of carbonyl (C=O) groups is 1. The van der Waals surface area contributed by atoms with E-state index in [0.29, 0.717) is 75.9 Å². The molecular formula is C50H55FN8O3. The van der Waals surface area contributed by atoms with Crippen molar-refractivity contribution in [1.82, 2.24) is 24.6 Å². The Morgan fingerprint density at radius 2 is 1.74 bits per heavy atom. The zero-order chi connectivity index (χ0) is 42.4. The van der Waals surface area contributed by atoms with Gasteiger partial charge in [-0.2, -0.15) is 10.4 Å². The highest BCUT2D eigenvalue weighted by molar-refractivity contribution is 5.92. The monoisotopic (exact) mass is 834 g/mol. The van der Waals surface area contributed by atoms with Gasteiger partial charge in [-0.05, 0) is 73.9 Å². The number of ether oxygens (including phenoxy) is 2. The van der Waals surface area contributed by atoms with Gasteiger partial charge in [-0.3, -0.25) is 14.4 Å². The predicted octanol–water partition coefficient (Wildman–Crippen LogP) is 7.73. The van der Waals surface area contributed by atoms with Gasteiger partial charge in [-0.15, -0.1) is 0 Å². The lowest BCUT2D eigenvalue weighted by atomic mass is 9.72. The van der Waals surface area contributed by atoms with Crippen molar-refractivity contribution in [3.63, 3.8) is 0 Å². The molecule has 3 atom stereocenters. The molecule has 2 fully saturated rings. The van der Waals surface area contributed by atoms with E-state index in [4.69, 9.17) is 19.6 Å². The van der Waals surface area contributed by atoms with E-state index < -0.39 is 11.8 Å². The molecule has 1 spiro atoms. The SMILES string of the molecule is CN(C)C(=O)c1cc2n(n1)CCCN(c1cc(OC[C@@]34CCCN3C[C@H](F)C4)nc3c1CO[C@@]1(CCCc4ccc(N(Cc5ccccc5)Cc5ccccc5)c(C#N)c41)C3)C2. The lowest BCUT2D eigenvalue weighted by molar-refractivity contribution is -0.0855. The van der Waals surface area contributed by atoms with E-state index in [-0.39, 0.29) is 11.4 Å². The topological polar surface area (TPSA) is 103 Å². The molecule has 10 rings (SSSR count). The summed E-state index contributed by atoms with van der Waals surface area (Å²) in [5.74, 6) is 0.411. The molecule has 3 aromatic carbocycles. The smallest absolute Gasteiger partial charge is 0.273 e. The number of anilines is 2. The number of pyridine rings is 1. The molecule has 62 heavy (non-hydrogen) atoms. The zero-order valence-corrected chi connectivity index (χ0v) is 35.9. The molecule has 11 nitrogen and oxygen atoms in total. The standard InChI is InChI=1S/C50H55FN8O3/c1-55(2)48(60)42-24-39-32-56(21-11-23-59(39)54-42)45-25-46(61-34-49-19-10-22-58(49)31-38(51)26-49)53-43-27-50(62-33-41(43)45)20-9-16-37-17-18-44(40(28-52)47(37)50)57(29-35-12-5-3-6-13-35)30-36-14-7-4-8-15-36/h3-8,12-15,17-18,24-25,38H,9-11,16,19-23,26-27,29-34H2,1-2H3/t38-,49+,50+/m1/s1. The molecule has 320 valence electrons. The molecule has 2 saturated heterocycles. The van der Waals surface area contributed by atoms with Crippen LogP contribution >= 0.6 is 0 Å². The lowest BCUT2D eigenvalue weighted by Crippen LogP contribution is -2.43. The Kier molecular flexibility index (Phi) is 10.7. The van der Waals surface area contributed by atoms with E-state index in [1.54, 1.807) is 19.0 Å². The largest absolute Gasteiger partial charge is 0.476 e. The van der Waals surface area contributed by atoms with Crippen LogP contribution in [-0.4, -0.2) is 82.5 Å².